The molecule has 1 spiro atoms. The Morgan fingerprint density at radius 2 is 1.73 bits per heavy atom. The number of rotatable bonds is 10. The summed E-state index contributed by atoms with van der Waals surface area (Å²) in [5, 5.41) is 10.8. The van der Waals surface area contributed by atoms with Crippen molar-refractivity contribution in [1.29, 1.82) is 0 Å². The number of piperidine rings is 1. The van der Waals surface area contributed by atoms with Crippen LogP contribution in [0.2, 0.25) is 0 Å². The van der Waals surface area contributed by atoms with Gasteiger partial charge in [0.05, 0.1) is 30.6 Å². The number of nitrogens with zero attached hydrogens (tertiary/aromatic N) is 10. The summed E-state index contributed by atoms with van der Waals surface area (Å²) >= 11 is 0. The van der Waals surface area contributed by atoms with E-state index in [4.69, 9.17) is 0 Å². The van der Waals surface area contributed by atoms with E-state index in [0.717, 1.165) is 79.5 Å². The van der Waals surface area contributed by atoms with Gasteiger partial charge in [0, 0.05) is 92.4 Å². The Balaban J connectivity index is 0.671. The number of amides is 6. The molecule has 18 heteroatoms. The van der Waals surface area contributed by atoms with E-state index >= 15 is 4.39 Å². The number of hydrogen-bond acceptors (Lipinski definition) is 10. The fraction of sp³-hybridized carbons (Fsp3) is 0.385. The molecule has 0 radical (unpaired) electrons. The van der Waals surface area contributed by atoms with Gasteiger partial charge in [-0.25, -0.2) is 19.2 Å². The van der Waals surface area contributed by atoms with Gasteiger partial charge in [-0.05, 0) is 116 Å². The van der Waals surface area contributed by atoms with Gasteiger partial charge in [0.25, 0.3) is 11.8 Å². The lowest BCUT2D eigenvalue weighted by molar-refractivity contribution is -0.134. The Morgan fingerprint density at radius 1 is 0.900 bits per heavy atom. The third-order valence-electron chi connectivity index (χ3n) is 15.6. The molecule has 2 atom stereocenters. The van der Waals surface area contributed by atoms with E-state index in [1.807, 2.05) is 51.5 Å². The molecule has 8 heterocycles. The molecule has 4 fully saturated rings. The summed E-state index contributed by atoms with van der Waals surface area (Å²) in [7, 11) is 1.88. The van der Waals surface area contributed by atoms with E-state index < -0.39 is 29.7 Å². The molecule has 3 saturated heterocycles. The molecule has 6 amide bonds. The summed E-state index contributed by atoms with van der Waals surface area (Å²) in [6.45, 7) is 4.87. The highest BCUT2D eigenvalue weighted by Crippen LogP contribution is 2.52. The summed E-state index contributed by atoms with van der Waals surface area (Å²) in [4.78, 5) is 84.9. The van der Waals surface area contributed by atoms with Crippen molar-refractivity contribution in [1.82, 2.24) is 44.3 Å². The van der Waals surface area contributed by atoms with Crippen molar-refractivity contribution in [2.75, 3.05) is 60.9 Å². The zero-order valence-electron chi connectivity index (χ0n) is 38.9. The highest BCUT2D eigenvalue weighted by atomic mass is 19.1. The van der Waals surface area contributed by atoms with Crippen LogP contribution in [0.1, 0.15) is 83.4 Å². The van der Waals surface area contributed by atoms with Crippen molar-refractivity contribution >= 4 is 57.9 Å². The third-order valence-corrected chi connectivity index (χ3v) is 15.6. The van der Waals surface area contributed by atoms with Crippen LogP contribution in [0.25, 0.3) is 22.0 Å². The molecule has 12 rings (SSSR count). The second-order valence-corrected chi connectivity index (χ2v) is 19.6. The SMILES string of the molecule is Cn1nc(N2CCC(=O)NC2=O)c2ccc(C3CCN(CC(=O)N4CCN(c5ccc(-c6cc(F)c7c(c6)C(=O)N(C(C(=O)Nc6ccccn6)c6ncn8c6CCC8)C7)cc5)CC4)C4(CC4)C3)cc21. The van der Waals surface area contributed by atoms with Gasteiger partial charge in [-0.1, -0.05) is 24.3 Å². The summed E-state index contributed by atoms with van der Waals surface area (Å²) in [5.74, 6) is -0.254. The van der Waals surface area contributed by atoms with Gasteiger partial charge in [0.1, 0.15) is 11.6 Å². The highest BCUT2D eigenvalue weighted by molar-refractivity contribution is 6.09. The Labute approximate surface area is 403 Å². The first-order valence-corrected chi connectivity index (χ1v) is 24.4. The number of hydrogen-bond donors (Lipinski definition) is 2. The standard InChI is InChI=1S/C52H53FN12O5/c1-59-42-27-33(9-12-37(42)48(58-59)64-20-14-44(66)57-51(64)70)34-13-19-63(52(28-34)15-16-52)30-45(67)61-23-21-60(22-24-61)36-10-7-32(8-11-36)35-25-38-39(40(53)26-35)29-65(50(38)69)47(46-41-5-4-18-62(41)31-55-46)49(68)56-43-6-2-3-17-54-43/h2-3,6-12,17,25-27,31,34,47H,4-5,13-16,18-24,28-30H2,1H3,(H,54,56,68)(H,57,66,70). The number of imidazole rings is 1. The maximum absolute atomic E-state index is 16.1. The summed E-state index contributed by atoms with van der Waals surface area (Å²) in [5.41, 5.74) is 6.43. The smallest absolute Gasteiger partial charge is 0.329 e. The number of piperazine rings is 1. The van der Waals surface area contributed by atoms with Crippen LogP contribution in [-0.4, -0.2) is 120 Å². The number of urea groups is 1. The van der Waals surface area contributed by atoms with Crippen molar-refractivity contribution in [3.8, 4) is 11.1 Å². The van der Waals surface area contributed by atoms with E-state index in [2.05, 4.69) is 47.6 Å². The molecule has 1 saturated carbocycles. The largest absolute Gasteiger partial charge is 0.368 e. The summed E-state index contributed by atoms with van der Waals surface area (Å²) < 4.78 is 19.9. The number of nitrogens with one attached hydrogen (secondary N) is 2. The molecule has 2 unspecified atom stereocenters. The number of anilines is 3. The molecular formula is C52H53FN12O5. The second-order valence-electron chi connectivity index (χ2n) is 19.6. The highest BCUT2D eigenvalue weighted by Gasteiger charge is 2.52. The Hall–Kier alpha value is -7.47. The molecule has 0 bridgehead atoms. The van der Waals surface area contributed by atoms with Gasteiger partial charge in [-0.2, -0.15) is 5.10 Å². The Morgan fingerprint density at radius 3 is 2.50 bits per heavy atom. The zero-order valence-corrected chi connectivity index (χ0v) is 38.9. The molecule has 6 aliphatic rings. The van der Waals surface area contributed by atoms with E-state index in [0.29, 0.717) is 68.1 Å². The minimum absolute atomic E-state index is 0.0291. The molecule has 6 aromatic rings. The molecular weight excluding hydrogens is 892 g/mol. The molecule has 70 heavy (non-hydrogen) atoms. The van der Waals surface area contributed by atoms with Gasteiger partial charge in [-0.3, -0.25) is 39.0 Å². The molecule has 358 valence electrons. The zero-order chi connectivity index (χ0) is 47.8. The lowest BCUT2D eigenvalue weighted by Crippen LogP contribution is -2.54. The molecule has 17 nitrogen and oxygen atoms in total. The maximum atomic E-state index is 16.1. The first kappa shape index (κ1) is 43.8. The van der Waals surface area contributed by atoms with Gasteiger partial charge in [0.2, 0.25) is 11.8 Å². The number of aromatic nitrogens is 5. The molecule has 1 aliphatic carbocycles. The minimum atomic E-state index is -1.08. The lowest BCUT2D eigenvalue weighted by atomic mass is 9.83. The van der Waals surface area contributed by atoms with E-state index in [1.54, 1.807) is 36.8 Å². The monoisotopic (exact) mass is 944 g/mol. The van der Waals surface area contributed by atoms with Gasteiger partial charge in [0.15, 0.2) is 11.9 Å². The molecule has 5 aliphatic heterocycles. The number of aryl methyl sites for hydroxylation is 2. The van der Waals surface area contributed by atoms with Crippen molar-refractivity contribution in [2.45, 2.75) is 75.5 Å². The maximum Gasteiger partial charge on any atom is 0.329 e. The molecule has 3 aromatic carbocycles. The fourth-order valence-electron chi connectivity index (χ4n) is 11.6. The van der Waals surface area contributed by atoms with Crippen LogP contribution in [0.15, 0.2) is 85.3 Å². The van der Waals surface area contributed by atoms with Crippen LogP contribution in [0.4, 0.5) is 26.5 Å². The number of carbonyl (C=O) groups is 5. The number of imide groups is 1. The van der Waals surface area contributed by atoms with Crippen molar-refractivity contribution in [3.63, 3.8) is 0 Å². The quantitative estimate of drug-likeness (QED) is 0.172. The van der Waals surface area contributed by atoms with Crippen molar-refractivity contribution in [2.24, 2.45) is 7.05 Å². The van der Waals surface area contributed by atoms with Gasteiger partial charge >= 0.3 is 6.03 Å². The normalized spacial score (nSPS) is 20.3. The van der Waals surface area contributed by atoms with Crippen LogP contribution in [0.3, 0.4) is 0 Å². The number of halogens is 1. The Kier molecular flexibility index (Phi) is 10.8. The summed E-state index contributed by atoms with van der Waals surface area (Å²) in [6, 6.07) is 21.1. The number of likely N-dealkylation sites (tertiary alicyclic amines) is 1. The van der Waals surface area contributed by atoms with Crippen molar-refractivity contribution in [3.05, 3.63) is 119 Å². The Bertz CT molecular complexity index is 3100. The van der Waals surface area contributed by atoms with Crippen LogP contribution < -0.4 is 20.4 Å². The molecule has 2 N–H and O–H groups in total. The van der Waals surface area contributed by atoms with Crippen LogP contribution in [0, 0.1) is 5.82 Å². The van der Waals surface area contributed by atoms with Gasteiger partial charge in [-0.15, -0.1) is 0 Å². The predicted octanol–water partition coefficient (Wildman–Crippen LogP) is 5.76. The first-order chi connectivity index (χ1) is 34.0. The van der Waals surface area contributed by atoms with Crippen LogP contribution in [0.5, 0.6) is 0 Å². The number of carbonyl (C=O) groups excluding carboxylic acids is 5. The average molecular weight is 945 g/mol. The average Bonchev–Trinajstić information content (AvgIpc) is 3.64. The second kappa shape index (κ2) is 17.2. The minimum Gasteiger partial charge on any atom is -0.368 e. The van der Waals surface area contributed by atoms with E-state index in [9.17, 15) is 24.0 Å². The van der Waals surface area contributed by atoms with E-state index in [-0.39, 0.29) is 41.4 Å². The first-order valence-electron chi connectivity index (χ1n) is 24.4. The van der Waals surface area contributed by atoms with E-state index in [1.165, 1.54) is 21.4 Å². The molecule has 3 aromatic heterocycles. The van der Waals surface area contributed by atoms with Crippen molar-refractivity contribution < 1.29 is 28.4 Å². The third kappa shape index (κ3) is 7.73. The topological polar surface area (TPSA) is 174 Å². The lowest BCUT2D eigenvalue weighted by Gasteiger charge is -2.42. The fourth-order valence-corrected chi connectivity index (χ4v) is 11.6. The predicted molar refractivity (Wildman–Crippen MR) is 258 cm³/mol. The van der Waals surface area contributed by atoms with Crippen LogP contribution in [-0.2, 0) is 40.9 Å². The van der Waals surface area contributed by atoms with Crippen LogP contribution >= 0.6 is 0 Å². The summed E-state index contributed by atoms with van der Waals surface area (Å²) in [6.07, 6.45) is 9.26. The number of fused-ring (bicyclic) bond motifs is 3. The van der Waals surface area contributed by atoms with Gasteiger partial charge < -0.3 is 24.6 Å². The number of benzene rings is 3. The number of pyridine rings is 1.